The Morgan fingerprint density at radius 1 is 0.636 bits per heavy atom. The molecule has 0 aliphatic carbocycles. The fraction of sp³-hybridized carbons (Fsp3) is 0.632. The van der Waals surface area contributed by atoms with Gasteiger partial charge in [0.2, 0.25) is 0 Å². The first-order valence-electron chi connectivity index (χ1n) is 17.0. The molecule has 2 N–H and O–H groups in total. The minimum atomic E-state index is -1.01. The summed E-state index contributed by atoms with van der Waals surface area (Å²) in [6.07, 6.45) is 37.2. The van der Waals surface area contributed by atoms with E-state index in [1.54, 1.807) is 6.08 Å². The van der Waals surface area contributed by atoms with Crippen molar-refractivity contribution in [2.75, 3.05) is 13.2 Å². The van der Waals surface area contributed by atoms with Crippen LogP contribution in [0.5, 0.6) is 0 Å². The third kappa shape index (κ3) is 32.2. The van der Waals surface area contributed by atoms with Gasteiger partial charge in [0, 0.05) is 12.8 Å². The Hall–Kier alpha value is -2.70. The standard InChI is InChI=1S/C38H62O6/c1-4-5-6-7-18-23-28-35(39)29-24-19-14-10-8-9-11-15-20-25-30-37(41)43-32-36(40)33-44-38(42)31-26-21-16-12-13-17-22-27-34(2)3/h5-6,8-9,14-15,18-20,23-24,29,34-36,39-40H,4,7,10-13,16-17,21-22,25-28,30-33H2,1-3H3/b6-5-,9-8-,19-14-,20-15-,23-18-,29-24+/t35?,36-/m1/s1. The monoisotopic (exact) mass is 614 g/mol. The van der Waals surface area contributed by atoms with Crippen LogP contribution < -0.4 is 0 Å². The third-order valence-corrected chi connectivity index (χ3v) is 6.73. The molecule has 6 heteroatoms. The lowest BCUT2D eigenvalue weighted by Crippen LogP contribution is -2.25. The van der Waals surface area contributed by atoms with Gasteiger partial charge in [-0.2, -0.15) is 0 Å². The molecule has 0 aromatic heterocycles. The highest BCUT2D eigenvalue weighted by Crippen LogP contribution is 2.13. The van der Waals surface area contributed by atoms with Crippen LogP contribution >= 0.6 is 0 Å². The molecule has 6 nitrogen and oxygen atoms in total. The molecule has 0 aliphatic heterocycles. The van der Waals surface area contributed by atoms with Gasteiger partial charge in [0.1, 0.15) is 19.3 Å². The minimum absolute atomic E-state index is 0.156. The molecular weight excluding hydrogens is 552 g/mol. The number of unbranched alkanes of at least 4 members (excludes halogenated alkanes) is 6. The lowest BCUT2D eigenvalue weighted by atomic mass is 10.0. The van der Waals surface area contributed by atoms with Crippen LogP contribution in [0.25, 0.3) is 0 Å². The minimum Gasteiger partial charge on any atom is -0.463 e. The SMILES string of the molecule is CC/C=C\C/C=C\CC(O)/C=C/C=C\C/C=C\C/C=C\CCC(=O)OC[C@@H](O)COC(=O)CCCCCCCCCC(C)C. The van der Waals surface area contributed by atoms with Crippen LogP contribution in [-0.4, -0.2) is 47.6 Å². The molecule has 0 saturated heterocycles. The van der Waals surface area contributed by atoms with E-state index in [0.717, 1.165) is 50.9 Å². The van der Waals surface area contributed by atoms with Gasteiger partial charge in [-0.25, -0.2) is 0 Å². The van der Waals surface area contributed by atoms with Gasteiger partial charge in [-0.15, -0.1) is 0 Å². The summed E-state index contributed by atoms with van der Waals surface area (Å²) >= 11 is 0. The molecule has 0 heterocycles. The molecule has 44 heavy (non-hydrogen) atoms. The number of aliphatic hydroxyl groups excluding tert-OH is 2. The van der Waals surface area contributed by atoms with Crippen molar-refractivity contribution in [1.29, 1.82) is 0 Å². The molecule has 2 atom stereocenters. The first-order chi connectivity index (χ1) is 21.3. The van der Waals surface area contributed by atoms with Crippen molar-refractivity contribution >= 4 is 11.9 Å². The van der Waals surface area contributed by atoms with E-state index in [0.29, 0.717) is 19.3 Å². The fourth-order valence-electron chi connectivity index (χ4n) is 4.14. The Balaban J connectivity index is 3.72. The number of aliphatic hydroxyl groups is 2. The normalized spacial score (nSPS) is 14.0. The highest BCUT2D eigenvalue weighted by atomic mass is 16.6. The Bertz CT molecular complexity index is 865. The predicted octanol–water partition coefficient (Wildman–Crippen LogP) is 9.05. The second-order valence-electron chi connectivity index (χ2n) is 11.6. The van der Waals surface area contributed by atoms with Crippen molar-refractivity contribution < 1.29 is 29.3 Å². The second kappa shape index (κ2) is 31.7. The second-order valence-corrected chi connectivity index (χ2v) is 11.6. The fourth-order valence-corrected chi connectivity index (χ4v) is 4.14. The average Bonchev–Trinajstić information content (AvgIpc) is 3.00. The highest BCUT2D eigenvalue weighted by molar-refractivity contribution is 5.70. The van der Waals surface area contributed by atoms with E-state index in [1.807, 2.05) is 36.5 Å². The van der Waals surface area contributed by atoms with Gasteiger partial charge < -0.3 is 19.7 Å². The van der Waals surface area contributed by atoms with E-state index in [9.17, 15) is 19.8 Å². The molecule has 0 amide bonds. The third-order valence-electron chi connectivity index (χ3n) is 6.73. The zero-order chi connectivity index (χ0) is 32.5. The summed E-state index contributed by atoms with van der Waals surface area (Å²) in [5.74, 6) is 0.0816. The zero-order valence-corrected chi connectivity index (χ0v) is 27.9. The molecule has 0 saturated carbocycles. The molecule has 0 bridgehead atoms. The first-order valence-corrected chi connectivity index (χ1v) is 17.0. The number of carbonyl (C=O) groups excluding carboxylic acids is 2. The average molecular weight is 615 g/mol. The molecule has 0 aromatic carbocycles. The summed E-state index contributed by atoms with van der Waals surface area (Å²) in [5.41, 5.74) is 0. The molecule has 0 aliphatic rings. The first kappa shape index (κ1) is 41.3. The lowest BCUT2D eigenvalue weighted by Gasteiger charge is -2.12. The smallest absolute Gasteiger partial charge is 0.306 e. The summed E-state index contributed by atoms with van der Waals surface area (Å²) in [5, 5.41) is 19.9. The molecule has 0 spiro atoms. The van der Waals surface area contributed by atoms with E-state index < -0.39 is 12.2 Å². The van der Waals surface area contributed by atoms with Gasteiger partial charge in [0.05, 0.1) is 6.10 Å². The molecular formula is C38H62O6. The van der Waals surface area contributed by atoms with Crippen molar-refractivity contribution in [3.05, 3.63) is 72.9 Å². The molecule has 1 unspecified atom stereocenters. The van der Waals surface area contributed by atoms with Crippen LogP contribution in [0, 0.1) is 5.92 Å². The maximum atomic E-state index is 11.9. The number of hydrogen-bond donors (Lipinski definition) is 2. The number of rotatable bonds is 28. The number of allylic oxidation sites excluding steroid dienone is 10. The lowest BCUT2D eigenvalue weighted by molar-refractivity contribution is -0.152. The van der Waals surface area contributed by atoms with E-state index >= 15 is 0 Å². The quantitative estimate of drug-likeness (QED) is 0.0395. The number of ether oxygens (including phenoxy) is 2. The van der Waals surface area contributed by atoms with Crippen molar-refractivity contribution in [3.63, 3.8) is 0 Å². The Morgan fingerprint density at radius 2 is 1.18 bits per heavy atom. The maximum Gasteiger partial charge on any atom is 0.306 e. The Kier molecular flexibility index (Phi) is 29.8. The van der Waals surface area contributed by atoms with Crippen LogP contribution in [0.4, 0.5) is 0 Å². The van der Waals surface area contributed by atoms with E-state index in [-0.39, 0.29) is 31.6 Å². The predicted molar refractivity (Wildman–Crippen MR) is 183 cm³/mol. The van der Waals surface area contributed by atoms with Crippen molar-refractivity contribution in [3.8, 4) is 0 Å². The number of carbonyl (C=O) groups is 2. The van der Waals surface area contributed by atoms with Crippen LogP contribution in [0.1, 0.15) is 124 Å². The molecule has 0 aromatic rings. The molecule has 250 valence electrons. The molecule has 0 radical (unpaired) electrons. The Labute approximate surface area is 268 Å². The molecule has 0 rings (SSSR count). The van der Waals surface area contributed by atoms with Gasteiger partial charge in [0.15, 0.2) is 0 Å². The highest BCUT2D eigenvalue weighted by Gasteiger charge is 2.11. The molecule has 0 fully saturated rings. The largest absolute Gasteiger partial charge is 0.463 e. The van der Waals surface area contributed by atoms with Gasteiger partial charge in [-0.1, -0.05) is 139 Å². The van der Waals surface area contributed by atoms with Gasteiger partial charge >= 0.3 is 11.9 Å². The van der Waals surface area contributed by atoms with Gasteiger partial charge in [-0.05, 0) is 50.9 Å². The summed E-state index contributed by atoms with van der Waals surface area (Å²) in [6, 6.07) is 0. The van der Waals surface area contributed by atoms with Gasteiger partial charge in [0.25, 0.3) is 0 Å². The van der Waals surface area contributed by atoms with Crippen molar-refractivity contribution in [2.45, 2.75) is 136 Å². The maximum absolute atomic E-state index is 11.9. The zero-order valence-electron chi connectivity index (χ0n) is 27.9. The number of esters is 2. The van der Waals surface area contributed by atoms with Crippen molar-refractivity contribution in [1.82, 2.24) is 0 Å². The van der Waals surface area contributed by atoms with Crippen LogP contribution in [0.2, 0.25) is 0 Å². The van der Waals surface area contributed by atoms with E-state index in [4.69, 9.17) is 9.47 Å². The topological polar surface area (TPSA) is 93.1 Å². The van der Waals surface area contributed by atoms with Gasteiger partial charge in [-0.3, -0.25) is 9.59 Å². The summed E-state index contributed by atoms with van der Waals surface area (Å²) in [6.45, 7) is 6.30. The summed E-state index contributed by atoms with van der Waals surface area (Å²) < 4.78 is 10.2. The van der Waals surface area contributed by atoms with Crippen LogP contribution in [0.3, 0.4) is 0 Å². The van der Waals surface area contributed by atoms with Crippen LogP contribution in [0.15, 0.2) is 72.9 Å². The summed E-state index contributed by atoms with van der Waals surface area (Å²) in [7, 11) is 0. The summed E-state index contributed by atoms with van der Waals surface area (Å²) in [4.78, 5) is 23.7. The number of hydrogen-bond acceptors (Lipinski definition) is 6. The van der Waals surface area contributed by atoms with E-state index in [2.05, 4.69) is 51.2 Å². The van der Waals surface area contributed by atoms with Crippen molar-refractivity contribution in [2.24, 2.45) is 5.92 Å². The van der Waals surface area contributed by atoms with E-state index in [1.165, 1.54) is 32.1 Å². The Morgan fingerprint density at radius 3 is 1.84 bits per heavy atom. The van der Waals surface area contributed by atoms with Crippen LogP contribution in [-0.2, 0) is 19.1 Å².